The van der Waals surface area contributed by atoms with Gasteiger partial charge in [0.25, 0.3) is 0 Å². The fourth-order valence-electron chi connectivity index (χ4n) is 4.17. The number of piperidine rings is 1. The van der Waals surface area contributed by atoms with Gasteiger partial charge in [0.05, 0.1) is 0 Å². The monoisotopic (exact) mass is 341 g/mol. The van der Waals surface area contributed by atoms with Crippen LogP contribution in [0, 0.1) is 5.92 Å². The van der Waals surface area contributed by atoms with E-state index in [1.165, 1.54) is 44.9 Å². The summed E-state index contributed by atoms with van der Waals surface area (Å²) < 4.78 is 5.59. The summed E-state index contributed by atoms with van der Waals surface area (Å²) in [7, 11) is 0. The zero-order valence-electron chi connectivity index (χ0n) is 14.8. The summed E-state index contributed by atoms with van der Waals surface area (Å²) in [5.74, 6) is 3.61. The highest BCUT2D eigenvalue weighted by Crippen LogP contribution is 2.30. The van der Waals surface area contributed by atoms with Crippen LogP contribution in [0.2, 0.25) is 0 Å². The third-order valence-corrected chi connectivity index (χ3v) is 5.52. The SMILES string of the molecule is c1cnc(N2CCCC(Cc3nc(C4CCCCCC4)no3)C2)nc1. The molecule has 6 heteroatoms. The maximum Gasteiger partial charge on any atom is 0.226 e. The van der Waals surface area contributed by atoms with Crippen LogP contribution in [0.25, 0.3) is 0 Å². The molecule has 1 saturated carbocycles. The lowest BCUT2D eigenvalue weighted by molar-refractivity contribution is 0.325. The average molecular weight is 341 g/mol. The average Bonchev–Trinajstić information content (AvgIpc) is 2.95. The quantitative estimate of drug-likeness (QED) is 0.789. The Morgan fingerprint density at radius 2 is 1.80 bits per heavy atom. The van der Waals surface area contributed by atoms with Crippen LogP contribution in [-0.2, 0) is 6.42 Å². The Hall–Kier alpha value is -1.98. The molecule has 0 radical (unpaired) electrons. The van der Waals surface area contributed by atoms with Crippen molar-refractivity contribution in [2.75, 3.05) is 18.0 Å². The fraction of sp³-hybridized carbons (Fsp3) is 0.684. The van der Waals surface area contributed by atoms with E-state index in [1.807, 2.05) is 18.5 Å². The van der Waals surface area contributed by atoms with Crippen molar-refractivity contribution in [3.8, 4) is 0 Å². The molecule has 1 unspecified atom stereocenters. The largest absolute Gasteiger partial charge is 0.341 e. The van der Waals surface area contributed by atoms with Crippen molar-refractivity contribution in [3.05, 3.63) is 30.2 Å². The highest BCUT2D eigenvalue weighted by atomic mass is 16.5. The summed E-state index contributed by atoms with van der Waals surface area (Å²) in [5, 5.41) is 4.30. The van der Waals surface area contributed by atoms with Crippen molar-refractivity contribution in [2.24, 2.45) is 5.92 Å². The molecule has 6 nitrogen and oxygen atoms in total. The van der Waals surface area contributed by atoms with Gasteiger partial charge in [-0.15, -0.1) is 0 Å². The van der Waals surface area contributed by atoms with Gasteiger partial charge in [-0.25, -0.2) is 9.97 Å². The van der Waals surface area contributed by atoms with Crippen molar-refractivity contribution in [2.45, 2.75) is 63.7 Å². The van der Waals surface area contributed by atoms with Crippen LogP contribution in [0.3, 0.4) is 0 Å². The molecule has 3 heterocycles. The summed E-state index contributed by atoms with van der Waals surface area (Å²) in [4.78, 5) is 15.8. The van der Waals surface area contributed by atoms with Crippen LogP contribution in [0.4, 0.5) is 5.95 Å². The molecule has 1 aliphatic heterocycles. The van der Waals surface area contributed by atoms with Gasteiger partial charge in [-0.1, -0.05) is 30.8 Å². The van der Waals surface area contributed by atoms with Crippen molar-refractivity contribution in [1.82, 2.24) is 20.1 Å². The number of rotatable bonds is 4. The minimum Gasteiger partial charge on any atom is -0.341 e. The Morgan fingerprint density at radius 1 is 1.00 bits per heavy atom. The molecule has 0 amide bonds. The van der Waals surface area contributed by atoms with Crippen LogP contribution in [-0.4, -0.2) is 33.2 Å². The van der Waals surface area contributed by atoms with Crippen LogP contribution in [0.15, 0.2) is 23.0 Å². The molecule has 134 valence electrons. The van der Waals surface area contributed by atoms with E-state index < -0.39 is 0 Å². The minimum atomic E-state index is 0.501. The Kier molecular flexibility index (Phi) is 5.23. The minimum absolute atomic E-state index is 0.501. The van der Waals surface area contributed by atoms with E-state index in [9.17, 15) is 0 Å². The molecule has 1 saturated heterocycles. The second-order valence-corrected chi connectivity index (χ2v) is 7.44. The maximum absolute atomic E-state index is 5.59. The Morgan fingerprint density at radius 3 is 2.60 bits per heavy atom. The second-order valence-electron chi connectivity index (χ2n) is 7.44. The molecule has 0 aromatic carbocycles. The van der Waals surface area contributed by atoms with Crippen LogP contribution in [0.1, 0.15) is 69.0 Å². The van der Waals surface area contributed by atoms with Crippen molar-refractivity contribution in [1.29, 1.82) is 0 Å². The predicted octanol–water partition coefficient (Wildman–Crippen LogP) is 3.76. The zero-order valence-corrected chi connectivity index (χ0v) is 14.8. The van der Waals surface area contributed by atoms with Gasteiger partial charge in [0.1, 0.15) is 0 Å². The molecular formula is C19H27N5O. The topological polar surface area (TPSA) is 67.9 Å². The standard InChI is InChI=1S/C19H27N5O/c1-2-4-9-16(8-3-1)18-22-17(25-23-18)13-15-7-5-12-24(14-15)19-20-10-6-11-21-19/h6,10-11,15-16H,1-5,7-9,12-14H2. The Bertz CT molecular complexity index is 651. The zero-order chi connectivity index (χ0) is 16.9. The van der Waals surface area contributed by atoms with Crippen LogP contribution >= 0.6 is 0 Å². The van der Waals surface area contributed by atoms with Gasteiger partial charge in [-0.05, 0) is 37.7 Å². The second kappa shape index (κ2) is 7.93. The van der Waals surface area contributed by atoms with Crippen molar-refractivity contribution in [3.63, 3.8) is 0 Å². The highest BCUT2D eigenvalue weighted by molar-refractivity contribution is 5.29. The van der Waals surface area contributed by atoms with E-state index in [-0.39, 0.29) is 0 Å². The first kappa shape index (κ1) is 16.5. The number of aromatic nitrogens is 4. The molecule has 2 fully saturated rings. The summed E-state index contributed by atoms with van der Waals surface area (Å²) in [5.41, 5.74) is 0. The van der Waals surface area contributed by atoms with E-state index in [0.29, 0.717) is 11.8 Å². The third kappa shape index (κ3) is 4.17. The summed E-state index contributed by atoms with van der Waals surface area (Å²) in [6.07, 6.45) is 14.5. The van der Waals surface area contributed by atoms with Crippen molar-refractivity contribution >= 4 is 5.95 Å². The summed E-state index contributed by atoms with van der Waals surface area (Å²) >= 11 is 0. The van der Waals surface area contributed by atoms with E-state index in [4.69, 9.17) is 9.51 Å². The van der Waals surface area contributed by atoms with Gasteiger partial charge < -0.3 is 9.42 Å². The van der Waals surface area contributed by atoms with Crippen molar-refractivity contribution < 1.29 is 4.52 Å². The molecule has 1 atom stereocenters. The van der Waals surface area contributed by atoms with E-state index in [2.05, 4.69) is 20.0 Å². The number of hydrogen-bond acceptors (Lipinski definition) is 6. The molecule has 0 bridgehead atoms. The van der Waals surface area contributed by atoms with Gasteiger partial charge in [0.2, 0.25) is 11.8 Å². The Balaban J connectivity index is 1.37. The van der Waals surface area contributed by atoms with Crippen LogP contribution in [0.5, 0.6) is 0 Å². The molecule has 0 spiro atoms. The fourth-order valence-corrected chi connectivity index (χ4v) is 4.17. The van der Waals surface area contributed by atoms with E-state index in [0.717, 1.165) is 43.6 Å². The third-order valence-electron chi connectivity index (χ3n) is 5.52. The lowest BCUT2D eigenvalue weighted by Gasteiger charge is -2.32. The smallest absolute Gasteiger partial charge is 0.226 e. The molecular weight excluding hydrogens is 314 g/mol. The van der Waals surface area contributed by atoms with Gasteiger partial charge in [-0.2, -0.15) is 4.98 Å². The molecule has 0 N–H and O–H groups in total. The summed E-state index contributed by atoms with van der Waals surface area (Å²) in [6.45, 7) is 1.99. The van der Waals surface area contributed by atoms with E-state index >= 15 is 0 Å². The highest BCUT2D eigenvalue weighted by Gasteiger charge is 2.25. The maximum atomic E-state index is 5.59. The number of nitrogens with zero attached hydrogens (tertiary/aromatic N) is 5. The van der Waals surface area contributed by atoms with Gasteiger partial charge in [-0.3, -0.25) is 0 Å². The van der Waals surface area contributed by atoms with Gasteiger partial charge >= 0.3 is 0 Å². The molecule has 2 aliphatic rings. The molecule has 25 heavy (non-hydrogen) atoms. The van der Waals surface area contributed by atoms with E-state index in [1.54, 1.807) is 0 Å². The van der Waals surface area contributed by atoms with Gasteiger partial charge in [0, 0.05) is 37.8 Å². The van der Waals surface area contributed by atoms with Gasteiger partial charge in [0.15, 0.2) is 5.82 Å². The molecule has 2 aromatic heterocycles. The molecule has 2 aromatic rings. The van der Waals surface area contributed by atoms with Crippen LogP contribution < -0.4 is 4.90 Å². The first-order chi connectivity index (χ1) is 12.4. The first-order valence-electron chi connectivity index (χ1n) is 9.73. The molecule has 1 aliphatic carbocycles. The summed E-state index contributed by atoms with van der Waals surface area (Å²) in [6, 6.07) is 1.86. The normalized spacial score (nSPS) is 22.7. The first-order valence-corrected chi connectivity index (χ1v) is 9.73. The lowest BCUT2D eigenvalue weighted by Crippen LogP contribution is -2.37. The lowest BCUT2D eigenvalue weighted by atomic mass is 9.95. The Labute approximate surface area is 149 Å². The predicted molar refractivity (Wildman–Crippen MR) is 95.4 cm³/mol. The number of hydrogen-bond donors (Lipinski definition) is 0. The number of anilines is 1. The molecule has 4 rings (SSSR count).